The highest BCUT2D eigenvalue weighted by atomic mass is 16.5. The molecule has 1 aromatic rings. The normalized spacial score (nSPS) is 19.7. The number of anilines is 1. The van der Waals surface area contributed by atoms with Crippen LogP contribution in [-0.2, 0) is 11.2 Å². The Labute approximate surface area is 119 Å². The first-order valence-corrected chi connectivity index (χ1v) is 7.43. The van der Waals surface area contributed by atoms with Crippen LogP contribution in [0.25, 0.3) is 0 Å². The van der Waals surface area contributed by atoms with Gasteiger partial charge in [-0.05, 0) is 55.4 Å². The van der Waals surface area contributed by atoms with Gasteiger partial charge in [0.05, 0.1) is 5.56 Å². The minimum absolute atomic E-state index is 0.400. The monoisotopic (exact) mass is 275 g/mol. The first-order valence-electron chi connectivity index (χ1n) is 7.43. The van der Waals surface area contributed by atoms with E-state index >= 15 is 0 Å². The third-order valence-electron chi connectivity index (χ3n) is 4.36. The van der Waals surface area contributed by atoms with Crippen molar-refractivity contribution in [2.45, 2.75) is 25.7 Å². The van der Waals surface area contributed by atoms with Crippen LogP contribution >= 0.6 is 0 Å². The first kappa shape index (κ1) is 13.4. The van der Waals surface area contributed by atoms with E-state index in [0.717, 1.165) is 52.0 Å². The van der Waals surface area contributed by atoms with Crippen LogP contribution in [0.4, 0.5) is 5.69 Å². The molecule has 4 heteroatoms. The largest absolute Gasteiger partial charge is 0.478 e. The summed E-state index contributed by atoms with van der Waals surface area (Å²) in [5.41, 5.74) is 2.81. The van der Waals surface area contributed by atoms with Crippen molar-refractivity contribution in [3.05, 3.63) is 29.3 Å². The summed E-state index contributed by atoms with van der Waals surface area (Å²) in [4.78, 5) is 13.5. The lowest BCUT2D eigenvalue weighted by Crippen LogP contribution is -2.36. The lowest BCUT2D eigenvalue weighted by molar-refractivity contribution is 0.0680. The number of aryl methyl sites for hydroxylation is 1. The molecular weight excluding hydrogens is 254 g/mol. The third kappa shape index (κ3) is 2.80. The molecule has 0 amide bonds. The number of fused-ring (bicyclic) bond motifs is 1. The van der Waals surface area contributed by atoms with E-state index in [2.05, 4.69) is 4.90 Å². The van der Waals surface area contributed by atoms with E-state index in [1.807, 2.05) is 12.1 Å². The molecule has 0 radical (unpaired) electrons. The molecule has 0 atom stereocenters. The molecule has 3 rings (SSSR count). The summed E-state index contributed by atoms with van der Waals surface area (Å²) in [7, 11) is 0. The van der Waals surface area contributed by atoms with Gasteiger partial charge in [0.25, 0.3) is 0 Å². The maximum absolute atomic E-state index is 11.1. The van der Waals surface area contributed by atoms with Gasteiger partial charge in [-0.25, -0.2) is 4.79 Å². The minimum atomic E-state index is -0.839. The highest BCUT2D eigenvalue weighted by Gasteiger charge is 2.22. The van der Waals surface area contributed by atoms with E-state index in [1.165, 1.54) is 11.3 Å². The van der Waals surface area contributed by atoms with Crippen LogP contribution in [0.3, 0.4) is 0 Å². The molecule has 4 nitrogen and oxygen atoms in total. The molecule has 0 aromatic heterocycles. The molecule has 2 aliphatic rings. The number of benzene rings is 1. The predicted molar refractivity (Wildman–Crippen MR) is 77.5 cm³/mol. The number of hydrogen-bond donors (Lipinski definition) is 1. The summed E-state index contributed by atoms with van der Waals surface area (Å²) in [6.07, 6.45) is 4.37. The molecule has 20 heavy (non-hydrogen) atoms. The third-order valence-corrected chi connectivity index (χ3v) is 4.36. The number of hydrogen-bond acceptors (Lipinski definition) is 3. The minimum Gasteiger partial charge on any atom is -0.478 e. The van der Waals surface area contributed by atoms with Crippen LogP contribution in [0.2, 0.25) is 0 Å². The summed E-state index contributed by atoms with van der Waals surface area (Å²) >= 11 is 0. The van der Waals surface area contributed by atoms with Crippen molar-refractivity contribution in [2.24, 2.45) is 5.92 Å². The smallest absolute Gasteiger partial charge is 0.335 e. The van der Waals surface area contributed by atoms with Gasteiger partial charge in [0, 0.05) is 32.0 Å². The van der Waals surface area contributed by atoms with Crippen molar-refractivity contribution < 1.29 is 14.6 Å². The lowest BCUT2D eigenvalue weighted by atomic mass is 9.95. The highest BCUT2D eigenvalue weighted by molar-refractivity contribution is 5.88. The quantitative estimate of drug-likeness (QED) is 0.921. The second-order valence-electron chi connectivity index (χ2n) is 5.75. The zero-order valence-corrected chi connectivity index (χ0v) is 11.7. The molecule has 1 N–H and O–H groups in total. The van der Waals surface area contributed by atoms with Gasteiger partial charge >= 0.3 is 5.97 Å². The number of nitrogens with zero attached hydrogens (tertiary/aromatic N) is 1. The average Bonchev–Trinajstić information content (AvgIpc) is 2.48. The second-order valence-corrected chi connectivity index (χ2v) is 5.75. The summed E-state index contributed by atoms with van der Waals surface area (Å²) < 4.78 is 5.42. The van der Waals surface area contributed by atoms with Crippen LogP contribution in [0.1, 0.15) is 35.2 Å². The van der Waals surface area contributed by atoms with E-state index in [-0.39, 0.29) is 0 Å². The number of rotatable bonds is 3. The predicted octanol–water partition coefficient (Wildman–Crippen LogP) is 2.56. The van der Waals surface area contributed by atoms with Crippen molar-refractivity contribution >= 4 is 11.7 Å². The van der Waals surface area contributed by atoms with Gasteiger partial charge in [-0.3, -0.25) is 0 Å². The van der Waals surface area contributed by atoms with Gasteiger partial charge in [0.15, 0.2) is 0 Å². The maximum Gasteiger partial charge on any atom is 0.335 e. The van der Waals surface area contributed by atoms with E-state index in [1.54, 1.807) is 6.07 Å². The van der Waals surface area contributed by atoms with Gasteiger partial charge in [0.2, 0.25) is 0 Å². The van der Waals surface area contributed by atoms with Crippen molar-refractivity contribution in [1.29, 1.82) is 0 Å². The Morgan fingerprint density at radius 3 is 2.90 bits per heavy atom. The van der Waals surface area contributed by atoms with Crippen LogP contribution in [0.15, 0.2) is 18.2 Å². The Morgan fingerprint density at radius 1 is 1.35 bits per heavy atom. The second kappa shape index (κ2) is 5.83. The van der Waals surface area contributed by atoms with Gasteiger partial charge in [-0.1, -0.05) is 0 Å². The molecule has 1 aromatic carbocycles. The molecule has 0 aliphatic carbocycles. The van der Waals surface area contributed by atoms with Crippen molar-refractivity contribution in [2.75, 3.05) is 31.2 Å². The maximum atomic E-state index is 11.1. The first-order chi connectivity index (χ1) is 9.74. The van der Waals surface area contributed by atoms with E-state index in [9.17, 15) is 4.79 Å². The zero-order valence-electron chi connectivity index (χ0n) is 11.7. The zero-order chi connectivity index (χ0) is 13.9. The SMILES string of the molecule is O=C(O)c1ccc2c(c1)CCCN2CC1CCOCC1. The fourth-order valence-electron chi connectivity index (χ4n) is 3.24. The van der Waals surface area contributed by atoms with E-state index in [4.69, 9.17) is 9.84 Å². The molecule has 2 heterocycles. The van der Waals surface area contributed by atoms with Crippen LogP contribution in [0, 0.1) is 5.92 Å². The molecule has 1 fully saturated rings. The summed E-state index contributed by atoms with van der Waals surface area (Å²) in [5.74, 6) is -0.136. The van der Waals surface area contributed by atoms with E-state index < -0.39 is 5.97 Å². The number of carboxylic acids is 1. The lowest BCUT2D eigenvalue weighted by Gasteiger charge is -2.35. The Balaban J connectivity index is 1.77. The van der Waals surface area contributed by atoms with Crippen molar-refractivity contribution in [1.82, 2.24) is 0 Å². The molecule has 0 unspecified atom stereocenters. The fraction of sp³-hybridized carbons (Fsp3) is 0.562. The van der Waals surface area contributed by atoms with Gasteiger partial charge in [0.1, 0.15) is 0 Å². The number of carbonyl (C=O) groups is 1. The fourth-order valence-corrected chi connectivity index (χ4v) is 3.24. The number of carboxylic acid groups (broad SMARTS) is 1. The Hall–Kier alpha value is -1.55. The Morgan fingerprint density at radius 2 is 2.15 bits per heavy atom. The topological polar surface area (TPSA) is 49.8 Å². The molecule has 0 spiro atoms. The van der Waals surface area contributed by atoms with E-state index in [0.29, 0.717) is 11.5 Å². The summed E-state index contributed by atoms with van der Waals surface area (Å²) in [6, 6.07) is 5.55. The van der Waals surface area contributed by atoms with Gasteiger partial charge < -0.3 is 14.7 Å². The van der Waals surface area contributed by atoms with Crippen molar-refractivity contribution in [3.8, 4) is 0 Å². The van der Waals surface area contributed by atoms with Gasteiger partial charge in [-0.2, -0.15) is 0 Å². The Kier molecular flexibility index (Phi) is 3.92. The summed E-state index contributed by atoms with van der Waals surface area (Å²) in [6.45, 7) is 3.91. The number of aromatic carboxylic acids is 1. The molecule has 0 bridgehead atoms. The molecule has 1 saturated heterocycles. The number of ether oxygens (including phenoxy) is 1. The summed E-state index contributed by atoms with van der Waals surface area (Å²) in [5, 5.41) is 9.09. The molecule has 0 saturated carbocycles. The standard InChI is InChI=1S/C16H21NO3/c18-16(19)14-3-4-15-13(10-14)2-1-7-17(15)11-12-5-8-20-9-6-12/h3-4,10,12H,1-2,5-9,11H2,(H,18,19). The average molecular weight is 275 g/mol. The highest BCUT2D eigenvalue weighted by Crippen LogP contribution is 2.30. The van der Waals surface area contributed by atoms with Crippen LogP contribution in [-0.4, -0.2) is 37.4 Å². The van der Waals surface area contributed by atoms with Crippen LogP contribution in [0.5, 0.6) is 0 Å². The molecule has 108 valence electrons. The molecule has 2 aliphatic heterocycles. The Bertz CT molecular complexity index is 494. The van der Waals surface area contributed by atoms with Gasteiger partial charge in [-0.15, -0.1) is 0 Å². The molecular formula is C16H21NO3. The van der Waals surface area contributed by atoms with Crippen LogP contribution < -0.4 is 4.90 Å². The van der Waals surface area contributed by atoms with Crippen molar-refractivity contribution in [3.63, 3.8) is 0 Å².